The highest BCUT2D eigenvalue weighted by molar-refractivity contribution is 5.46. The van der Waals surface area contributed by atoms with Crippen LogP contribution >= 0.6 is 0 Å². The van der Waals surface area contributed by atoms with Crippen molar-refractivity contribution in [3.05, 3.63) is 40.5 Å². The lowest BCUT2D eigenvalue weighted by atomic mass is 9.89. The van der Waals surface area contributed by atoms with E-state index in [1.54, 1.807) is 13.0 Å². The molecule has 1 aliphatic rings. The normalized spacial score (nSPS) is 23.1. The highest BCUT2D eigenvalue weighted by Gasteiger charge is 2.26. The van der Waals surface area contributed by atoms with Crippen LogP contribution in [0.3, 0.4) is 0 Å². The number of allylic oxidation sites excluding steroid dienone is 2. The van der Waals surface area contributed by atoms with E-state index in [2.05, 4.69) is 6.08 Å². The van der Waals surface area contributed by atoms with Gasteiger partial charge < -0.3 is 20.1 Å². The monoisotopic (exact) mass is 306 g/mol. The van der Waals surface area contributed by atoms with Crippen molar-refractivity contribution in [2.24, 2.45) is 0 Å². The number of phenols is 1. The van der Waals surface area contributed by atoms with Gasteiger partial charge in [0.1, 0.15) is 5.75 Å². The molecular weight excluding hydrogens is 280 g/mol. The standard InChI is InChI=1S/C18H26O4/c1-11(2)4-5-13-6-7-15(20)14-10-22-17(12(3)19)9-8-16(21)18(13)14/h4,6-7,12,16-17,19-21H,5,8-10H2,1-3H3/t12-,16+,17-/m1/s1. The zero-order chi connectivity index (χ0) is 16.3. The van der Waals surface area contributed by atoms with Gasteiger partial charge in [-0.1, -0.05) is 17.7 Å². The Labute approximate surface area is 132 Å². The Hall–Kier alpha value is -1.36. The van der Waals surface area contributed by atoms with Gasteiger partial charge >= 0.3 is 0 Å². The van der Waals surface area contributed by atoms with E-state index in [1.165, 1.54) is 5.57 Å². The molecule has 22 heavy (non-hydrogen) atoms. The van der Waals surface area contributed by atoms with Crippen LogP contribution in [0.25, 0.3) is 0 Å². The maximum absolute atomic E-state index is 10.6. The number of aliphatic hydroxyl groups is 2. The summed E-state index contributed by atoms with van der Waals surface area (Å²) in [7, 11) is 0. The van der Waals surface area contributed by atoms with E-state index < -0.39 is 12.2 Å². The first-order chi connectivity index (χ1) is 10.4. The van der Waals surface area contributed by atoms with Gasteiger partial charge in [-0.2, -0.15) is 0 Å². The smallest absolute Gasteiger partial charge is 0.121 e. The Morgan fingerprint density at radius 2 is 2.09 bits per heavy atom. The van der Waals surface area contributed by atoms with Crippen LogP contribution in [0.2, 0.25) is 0 Å². The maximum atomic E-state index is 10.6. The molecule has 0 radical (unpaired) electrons. The molecule has 4 heteroatoms. The van der Waals surface area contributed by atoms with Crippen LogP contribution in [0.1, 0.15) is 56.4 Å². The summed E-state index contributed by atoms with van der Waals surface area (Å²) in [6.07, 6.45) is 2.38. The minimum Gasteiger partial charge on any atom is -0.508 e. The van der Waals surface area contributed by atoms with Crippen LogP contribution in [-0.2, 0) is 17.8 Å². The molecule has 0 bridgehead atoms. The van der Waals surface area contributed by atoms with Crippen molar-refractivity contribution in [1.29, 1.82) is 0 Å². The van der Waals surface area contributed by atoms with Gasteiger partial charge in [-0.05, 0) is 57.2 Å². The Morgan fingerprint density at radius 3 is 2.73 bits per heavy atom. The lowest BCUT2D eigenvalue weighted by Gasteiger charge is -2.28. The molecule has 1 aromatic carbocycles. The molecule has 0 aliphatic carbocycles. The Bertz CT molecular complexity index is 544. The second kappa shape index (κ2) is 7.27. The first-order valence-corrected chi connectivity index (χ1v) is 7.84. The van der Waals surface area contributed by atoms with Crippen LogP contribution in [-0.4, -0.2) is 27.5 Å². The van der Waals surface area contributed by atoms with Crippen LogP contribution in [0.4, 0.5) is 0 Å². The number of hydrogen-bond donors (Lipinski definition) is 3. The highest BCUT2D eigenvalue weighted by Crippen LogP contribution is 2.36. The first-order valence-electron chi connectivity index (χ1n) is 7.84. The van der Waals surface area contributed by atoms with Gasteiger partial charge in [-0.15, -0.1) is 0 Å². The molecule has 1 heterocycles. The molecule has 3 N–H and O–H groups in total. The molecule has 0 unspecified atom stereocenters. The van der Waals surface area contributed by atoms with E-state index >= 15 is 0 Å². The molecule has 3 atom stereocenters. The average molecular weight is 306 g/mol. The molecular formula is C18H26O4. The van der Waals surface area contributed by atoms with E-state index in [1.807, 2.05) is 19.9 Å². The molecule has 1 aromatic rings. The summed E-state index contributed by atoms with van der Waals surface area (Å²) in [5.41, 5.74) is 3.65. The predicted molar refractivity (Wildman–Crippen MR) is 85.7 cm³/mol. The van der Waals surface area contributed by atoms with Gasteiger partial charge in [0.05, 0.1) is 24.9 Å². The number of rotatable bonds is 3. The van der Waals surface area contributed by atoms with Crippen molar-refractivity contribution in [2.75, 3.05) is 0 Å². The van der Waals surface area contributed by atoms with Crippen molar-refractivity contribution in [3.8, 4) is 5.75 Å². The summed E-state index contributed by atoms with van der Waals surface area (Å²) >= 11 is 0. The Kier molecular flexibility index (Phi) is 5.62. The third kappa shape index (κ3) is 3.88. The summed E-state index contributed by atoms with van der Waals surface area (Å²) in [5, 5.41) is 30.4. The Morgan fingerprint density at radius 1 is 1.36 bits per heavy atom. The molecule has 0 aromatic heterocycles. The topological polar surface area (TPSA) is 69.9 Å². The van der Waals surface area contributed by atoms with Crippen molar-refractivity contribution in [1.82, 2.24) is 0 Å². The zero-order valence-electron chi connectivity index (χ0n) is 13.5. The molecule has 0 spiro atoms. The van der Waals surface area contributed by atoms with Gasteiger partial charge in [0.25, 0.3) is 0 Å². The third-order valence-electron chi connectivity index (χ3n) is 4.19. The van der Waals surface area contributed by atoms with Crippen LogP contribution in [0, 0.1) is 0 Å². The van der Waals surface area contributed by atoms with E-state index in [0.717, 1.165) is 17.5 Å². The number of fused-ring (bicyclic) bond motifs is 1. The average Bonchev–Trinajstić information content (AvgIpc) is 2.43. The Balaban J connectivity index is 2.38. The van der Waals surface area contributed by atoms with Gasteiger partial charge in [-0.25, -0.2) is 0 Å². The first kappa shape index (κ1) is 17.0. The third-order valence-corrected chi connectivity index (χ3v) is 4.19. The highest BCUT2D eigenvalue weighted by atomic mass is 16.5. The van der Waals surface area contributed by atoms with Crippen LogP contribution in [0.15, 0.2) is 23.8 Å². The van der Waals surface area contributed by atoms with Gasteiger partial charge in [0.2, 0.25) is 0 Å². The second-order valence-electron chi connectivity index (χ2n) is 6.30. The fourth-order valence-corrected chi connectivity index (χ4v) is 2.88. The maximum Gasteiger partial charge on any atom is 0.121 e. The number of ether oxygens (including phenoxy) is 1. The summed E-state index contributed by atoms with van der Waals surface area (Å²) < 4.78 is 5.74. The van der Waals surface area contributed by atoms with Crippen LogP contribution in [0.5, 0.6) is 5.75 Å². The lowest BCUT2D eigenvalue weighted by molar-refractivity contribution is -0.0535. The molecule has 122 valence electrons. The number of aliphatic hydroxyl groups excluding tert-OH is 2. The van der Waals surface area contributed by atoms with Crippen molar-refractivity contribution >= 4 is 0 Å². The zero-order valence-corrected chi connectivity index (χ0v) is 13.5. The summed E-state index contributed by atoms with van der Waals surface area (Å²) in [4.78, 5) is 0. The molecule has 0 saturated carbocycles. The SMILES string of the molecule is CC(C)=CCc1ccc(O)c2c1[C@@H](O)CC[C@H]([C@@H](C)O)OC2. The van der Waals surface area contributed by atoms with E-state index in [4.69, 9.17) is 4.74 Å². The van der Waals surface area contributed by atoms with E-state index in [-0.39, 0.29) is 18.5 Å². The second-order valence-corrected chi connectivity index (χ2v) is 6.30. The quantitative estimate of drug-likeness (QED) is 0.751. The number of phenolic OH excluding ortho intramolecular Hbond substituents is 1. The van der Waals surface area contributed by atoms with E-state index in [0.29, 0.717) is 18.4 Å². The van der Waals surface area contributed by atoms with Gasteiger partial charge in [-0.3, -0.25) is 0 Å². The lowest BCUT2D eigenvalue weighted by Crippen LogP contribution is -2.29. The molecule has 1 aliphatic heterocycles. The largest absolute Gasteiger partial charge is 0.508 e. The van der Waals surface area contributed by atoms with Crippen molar-refractivity contribution in [3.63, 3.8) is 0 Å². The van der Waals surface area contributed by atoms with Crippen molar-refractivity contribution < 1.29 is 20.1 Å². The minimum atomic E-state index is -0.646. The minimum absolute atomic E-state index is 0.140. The van der Waals surface area contributed by atoms with Gasteiger partial charge in [0.15, 0.2) is 0 Å². The molecule has 0 saturated heterocycles. The van der Waals surface area contributed by atoms with Gasteiger partial charge in [0, 0.05) is 5.56 Å². The number of aromatic hydroxyl groups is 1. The molecule has 2 rings (SSSR count). The van der Waals surface area contributed by atoms with Crippen molar-refractivity contribution in [2.45, 2.75) is 65.0 Å². The fraction of sp³-hybridized carbons (Fsp3) is 0.556. The summed E-state index contributed by atoms with van der Waals surface area (Å²) in [5.74, 6) is 0.140. The molecule has 0 fully saturated rings. The summed E-state index contributed by atoms with van der Waals surface area (Å²) in [6.45, 7) is 5.97. The fourth-order valence-electron chi connectivity index (χ4n) is 2.88. The number of benzene rings is 1. The van der Waals surface area contributed by atoms with E-state index in [9.17, 15) is 15.3 Å². The number of hydrogen-bond acceptors (Lipinski definition) is 4. The molecule has 0 amide bonds. The molecule has 4 nitrogen and oxygen atoms in total. The summed E-state index contributed by atoms with van der Waals surface area (Å²) in [6, 6.07) is 3.52. The van der Waals surface area contributed by atoms with Crippen LogP contribution < -0.4 is 0 Å². The predicted octanol–water partition coefficient (Wildman–Crippen LogP) is 2.99.